The van der Waals surface area contributed by atoms with Crippen molar-refractivity contribution < 1.29 is 32.5 Å². The van der Waals surface area contributed by atoms with Crippen molar-refractivity contribution >= 4 is 6.16 Å². The fourth-order valence-electron chi connectivity index (χ4n) is 2.40. The van der Waals surface area contributed by atoms with E-state index in [0.717, 1.165) is 11.1 Å². The van der Waals surface area contributed by atoms with Gasteiger partial charge in [0, 0.05) is 12.0 Å². The highest BCUT2D eigenvalue weighted by Crippen LogP contribution is 2.24. The molecule has 146 valence electrons. The smallest absolute Gasteiger partial charge is 0.450 e. The number of halogens is 3. The number of hydrogen-bond donors (Lipinski definition) is 1. The van der Waals surface area contributed by atoms with Gasteiger partial charge in [-0.3, -0.25) is 0 Å². The fraction of sp³-hybridized carbons (Fsp3) is 0.167. The van der Waals surface area contributed by atoms with Gasteiger partial charge in [-0.1, -0.05) is 24.3 Å². The van der Waals surface area contributed by atoms with Crippen LogP contribution in [0.2, 0.25) is 0 Å². The van der Waals surface area contributed by atoms with Crippen LogP contribution in [0.4, 0.5) is 18.0 Å². The highest BCUT2D eigenvalue weighted by Gasteiger charge is 2.30. The number of nitrogens with zero attached hydrogens (tertiary/aromatic N) is 3. The topological polar surface area (TPSA) is 86.5 Å². The molecule has 7 nitrogen and oxygen atoms in total. The van der Waals surface area contributed by atoms with E-state index in [0.29, 0.717) is 17.9 Å². The zero-order chi connectivity index (χ0) is 20.1. The van der Waals surface area contributed by atoms with E-state index in [2.05, 4.69) is 19.6 Å². The van der Waals surface area contributed by atoms with Crippen LogP contribution in [0.15, 0.2) is 54.9 Å². The Morgan fingerprint density at radius 2 is 1.75 bits per heavy atom. The second-order valence-electron chi connectivity index (χ2n) is 5.62. The number of carboxylic acid groups (broad SMARTS) is 1. The normalized spacial score (nSPS) is 11.2. The third-order valence-corrected chi connectivity index (χ3v) is 3.66. The van der Waals surface area contributed by atoms with E-state index in [1.165, 1.54) is 35.3 Å². The van der Waals surface area contributed by atoms with Gasteiger partial charge in [-0.2, -0.15) is 0 Å². The van der Waals surface area contributed by atoms with Crippen LogP contribution in [0, 0.1) is 0 Å². The summed E-state index contributed by atoms with van der Waals surface area (Å²) in [7, 11) is 0. The quantitative estimate of drug-likeness (QED) is 0.636. The SMILES string of the molecule is O=C(O)OCCc1ccc(-c2ncn(-c3ccc(OC(F)(F)F)cc3)n2)cc1. The van der Waals surface area contributed by atoms with Crippen molar-refractivity contribution in [2.24, 2.45) is 0 Å². The van der Waals surface area contributed by atoms with Crippen LogP contribution < -0.4 is 4.74 Å². The van der Waals surface area contributed by atoms with Crippen molar-refractivity contribution in [2.45, 2.75) is 12.8 Å². The first kappa shape index (κ1) is 19.2. The van der Waals surface area contributed by atoms with Crippen molar-refractivity contribution in [2.75, 3.05) is 6.61 Å². The summed E-state index contributed by atoms with van der Waals surface area (Å²) in [6.07, 6.45) is -4.16. The molecule has 3 rings (SSSR count). The first-order valence-corrected chi connectivity index (χ1v) is 8.03. The molecule has 1 aromatic heterocycles. The van der Waals surface area contributed by atoms with Crippen LogP contribution in [0.1, 0.15) is 5.56 Å². The number of aromatic nitrogens is 3. The van der Waals surface area contributed by atoms with Crippen LogP contribution in [0.5, 0.6) is 5.75 Å². The van der Waals surface area contributed by atoms with Crippen molar-refractivity contribution in [1.82, 2.24) is 14.8 Å². The van der Waals surface area contributed by atoms with Crippen molar-refractivity contribution in [3.05, 3.63) is 60.4 Å². The molecule has 3 aromatic rings. The Balaban J connectivity index is 1.67. The summed E-state index contributed by atoms with van der Waals surface area (Å²) in [5.41, 5.74) is 2.15. The van der Waals surface area contributed by atoms with Crippen molar-refractivity contribution in [1.29, 1.82) is 0 Å². The van der Waals surface area contributed by atoms with E-state index in [1.807, 2.05) is 12.1 Å². The molecule has 0 aliphatic rings. The first-order chi connectivity index (χ1) is 13.3. The second kappa shape index (κ2) is 7.99. The Morgan fingerprint density at radius 3 is 2.36 bits per heavy atom. The maximum atomic E-state index is 12.2. The number of hydrogen-bond acceptors (Lipinski definition) is 5. The number of rotatable bonds is 6. The standard InChI is InChI=1S/C18H14F3N3O4/c19-18(20,21)28-15-7-5-14(6-8-15)24-11-22-16(23-24)13-3-1-12(2-4-13)9-10-27-17(25)26/h1-8,11H,9-10H2,(H,25,26). The van der Waals surface area contributed by atoms with Gasteiger partial charge >= 0.3 is 12.5 Å². The Morgan fingerprint density at radius 1 is 1.07 bits per heavy atom. The van der Waals surface area contributed by atoms with E-state index >= 15 is 0 Å². The van der Waals surface area contributed by atoms with Gasteiger partial charge in [-0.25, -0.2) is 14.5 Å². The zero-order valence-corrected chi connectivity index (χ0v) is 14.3. The molecule has 0 saturated heterocycles. The van der Waals surface area contributed by atoms with Gasteiger partial charge in [0.15, 0.2) is 5.82 Å². The molecule has 10 heteroatoms. The van der Waals surface area contributed by atoms with Gasteiger partial charge < -0.3 is 14.6 Å². The number of benzene rings is 2. The van der Waals surface area contributed by atoms with Crippen LogP contribution in [0.3, 0.4) is 0 Å². The molecule has 0 radical (unpaired) electrons. The van der Waals surface area contributed by atoms with Crippen LogP contribution >= 0.6 is 0 Å². The van der Waals surface area contributed by atoms with Gasteiger partial charge in [-0.15, -0.1) is 18.3 Å². The van der Waals surface area contributed by atoms with E-state index in [-0.39, 0.29) is 12.4 Å². The minimum Gasteiger partial charge on any atom is -0.450 e. The average Bonchev–Trinajstić information content (AvgIpc) is 3.11. The minimum absolute atomic E-state index is 0.0651. The Hall–Kier alpha value is -3.56. The molecule has 28 heavy (non-hydrogen) atoms. The third kappa shape index (κ3) is 5.22. The Kier molecular flexibility index (Phi) is 5.48. The average molecular weight is 393 g/mol. The summed E-state index contributed by atoms with van der Waals surface area (Å²) in [6.45, 7) is 0.0651. The summed E-state index contributed by atoms with van der Waals surface area (Å²) in [4.78, 5) is 14.5. The molecule has 0 fully saturated rings. The molecule has 0 amide bonds. The third-order valence-electron chi connectivity index (χ3n) is 3.66. The van der Waals surface area contributed by atoms with Gasteiger partial charge in [0.25, 0.3) is 0 Å². The molecule has 0 aliphatic heterocycles. The number of alkyl halides is 3. The molecule has 0 unspecified atom stereocenters. The molecular formula is C18H14F3N3O4. The Labute approximate surface area is 157 Å². The van der Waals surface area contributed by atoms with Gasteiger partial charge in [0.05, 0.1) is 12.3 Å². The largest absolute Gasteiger partial charge is 0.573 e. The Bertz CT molecular complexity index is 938. The summed E-state index contributed by atoms with van der Waals surface area (Å²) in [6, 6.07) is 12.5. The first-order valence-electron chi connectivity index (χ1n) is 8.03. The highest BCUT2D eigenvalue weighted by atomic mass is 19.4. The summed E-state index contributed by atoms with van der Waals surface area (Å²) in [5.74, 6) is 0.114. The molecule has 0 saturated carbocycles. The predicted molar refractivity (Wildman–Crippen MR) is 91.2 cm³/mol. The lowest BCUT2D eigenvalue weighted by Gasteiger charge is -2.09. The van der Waals surface area contributed by atoms with Crippen LogP contribution in [-0.2, 0) is 11.2 Å². The molecule has 0 spiro atoms. The molecule has 1 heterocycles. The van der Waals surface area contributed by atoms with E-state index < -0.39 is 12.5 Å². The summed E-state index contributed by atoms with van der Waals surface area (Å²) >= 11 is 0. The minimum atomic E-state index is -4.74. The maximum absolute atomic E-state index is 12.2. The molecule has 0 atom stereocenters. The van der Waals surface area contributed by atoms with Crippen LogP contribution in [-0.4, -0.2) is 39.0 Å². The summed E-state index contributed by atoms with van der Waals surface area (Å²) in [5, 5.41) is 12.8. The lowest BCUT2D eigenvalue weighted by Crippen LogP contribution is -2.17. The van der Waals surface area contributed by atoms with Gasteiger partial charge in [-0.05, 0) is 29.8 Å². The van der Waals surface area contributed by atoms with Gasteiger partial charge in [0.2, 0.25) is 0 Å². The lowest BCUT2D eigenvalue weighted by molar-refractivity contribution is -0.274. The summed E-state index contributed by atoms with van der Waals surface area (Å²) < 4.78 is 46.3. The molecular weight excluding hydrogens is 379 g/mol. The molecule has 0 aliphatic carbocycles. The van der Waals surface area contributed by atoms with Gasteiger partial charge in [0.1, 0.15) is 12.1 Å². The van der Waals surface area contributed by atoms with Crippen molar-refractivity contribution in [3.8, 4) is 22.8 Å². The highest BCUT2D eigenvalue weighted by molar-refractivity contribution is 5.57. The molecule has 2 aromatic carbocycles. The zero-order valence-electron chi connectivity index (χ0n) is 14.3. The predicted octanol–water partition coefficient (Wildman–Crippen LogP) is 4.07. The van der Waals surface area contributed by atoms with Crippen molar-refractivity contribution in [3.63, 3.8) is 0 Å². The maximum Gasteiger partial charge on any atom is 0.573 e. The van der Waals surface area contributed by atoms with E-state index in [9.17, 15) is 18.0 Å². The van der Waals surface area contributed by atoms with Crippen LogP contribution in [0.25, 0.3) is 17.1 Å². The monoisotopic (exact) mass is 393 g/mol. The van der Waals surface area contributed by atoms with E-state index in [4.69, 9.17) is 5.11 Å². The number of carbonyl (C=O) groups is 1. The molecule has 0 bridgehead atoms. The second-order valence-corrected chi connectivity index (χ2v) is 5.62. The molecule has 1 N–H and O–H groups in total. The fourth-order valence-corrected chi connectivity index (χ4v) is 2.40. The lowest BCUT2D eigenvalue weighted by atomic mass is 10.1. The number of ether oxygens (including phenoxy) is 2. The van der Waals surface area contributed by atoms with E-state index in [1.54, 1.807) is 12.1 Å².